The van der Waals surface area contributed by atoms with Crippen molar-refractivity contribution in [1.82, 2.24) is 0 Å². The number of primary amides is 1. The van der Waals surface area contributed by atoms with Crippen molar-refractivity contribution >= 4 is 17.5 Å². The highest BCUT2D eigenvalue weighted by molar-refractivity contribution is 6.23. The number of anilines is 1. The Morgan fingerprint density at radius 1 is 1.42 bits per heavy atom. The smallest absolute Gasteiger partial charge is 0.258 e. The van der Waals surface area contributed by atoms with Crippen LogP contribution in [0, 0.1) is 0 Å². The zero-order chi connectivity index (χ0) is 8.72. The third kappa shape index (κ3) is 0.717. The first-order chi connectivity index (χ1) is 5.70. The molecule has 0 aromatic heterocycles. The lowest BCUT2D eigenvalue weighted by atomic mass is 9.98. The minimum atomic E-state index is -0.568. The Morgan fingerprint density at radius 2 is 2.17 bits per heavy atom. The van der Waals surface area contributed by atoms with E-state index in [1.54, 1.807) is 18.2 Å². The number of nitrogens with two attached hydrogens (primary N) is 1. The third-order valence-electron chi connectivity index (χ3n) is 1.81. The van der Waals surface area contributed by atoms with E-state index in [1.807, 2.05) is 0 Å². The lowest BCUT2D eigenvalue weighted by Crippen LogP contribution is -2.29. The van der Waals surface area contributed by atoms with Gasteiger partial charge in [0.25, 0.3) is 5.91 Å². The number of benzene rings is 1. The molecule has 1 aromatic rings. The van der Waals surface area contributed by atoms with Crippen LogP contribution in [-0.2, 0) is 0 Å². The van der Waals surface area contributed by atoms with Gasteiger partial charge in [-0.2, -0.15) is 0 Å². The average molecular weight is 162 g/mol. The van der Waals surface area contributed by atoms with Gasteiger partial charge in [0, 0.05) is 0 Å². The van der Waals surface area contributed by atoms with Crippen molar-refractivity contribution < 1.29 is 9.59 Å². The molecule has 0 radical (unpaired) electrons. The van der Waals surface area contributed by atoms with E-state index in [-0.39, 0.29) is 11.5 Å². The van der Waals surface area contributed by atoms with Gasteiger partial charge in [-0.1, -0.05) is 6.07 Å². The van der Waals surface area contributed by atoms with Crippen LogP contribution in [0.2, 0.25) is 0 Å². The summed E-state index contributed by atoms with van der Waals surface area (Å²) in [5.74, 6) is -0.805. The molecule has 0 bridgehead atoms. The summed E-state index contributed by atoms with van der Waals surface area (Å²) in [6, 6.07) is 4.95. The fraction of sp³-hybridized carbons (Fsp3) is 0. The molecule has 0 fully saturated rings. The highest BCUT2D eigenvalue weighted by Gasteiger charge is 2.27. The normalized spacial score (nSPS) is 12.8. The van der Waals surface area contributed by atoms with E-state index in [4.69, 9.17) is 5.73 Å². The first-order valence-corrected chi connectivity index (χ1v) is 3.44. The van der Waals surface area contributed by atoms with Crippen LogP contribution in [0.5, 0.6) is 0 Å². The molecule has 1 aliphatic heterocycles. The van der Waals surface area contributed by atoms with Crippen molar-refractivity contribution in [3.05, 3.63) is 29.3 Å². The van der Waals surface area contributed by atoms with E-state index >= 15 is 0 Å². The minimum absolute atomic E-state index is 0.237. The molecule has 0 atom stereocenters. The van der Waals surface area contributed by atoms with Crippen molar-refractivity contribution in [1.29, 1.82) is 0 Å². The van der Waals surface area contributed by atoms with Crippen LogP contribution in [0.15, 0.2) is 18.2 Å². The number of rotatable bonds is 1. The number of fused-ring (bicyclic) bond motifs is 1. The van der Waals surface area contributed by atoms with Crippen LogP contribution in [0.25, 0.3) is 0 Å². The Bertz CT molecular complexity index is 385. The summed E-state index contributed by atoms with van der Waals surface area (Å²) >= 11 is 0. The van der Waals surface area contributed by atoms with Gasteiger partial charge in [-0.3, -0.25) is 9.59 Å². The molecule has 1 aliphatic rings. The van der Waals surface area contributed by atoms with E-state index in [0.29, 0.717) is 11.3 Å². The van der Waals surface area contributed by atoms with Gasteiger partial charge in [0.1, 0.15) is 0 Å². The lowest BCUT2D eigenvalue weighted by molar-refractivity contribution is 0.0969. The highest BCUT2D eigenvalue weighted by atomic mass is 16.2. The van der Waals surface area contributed by atoms with Crippen molar-refractivity contribution in [2.75, 3.05) is 5.32 Å². The van der Waals surface area contributed by atoms with Crippen molar-refractivity contribution in [3.63, 3.8) is 0 Å². The summed E-state index contributed by atoms with van der Waals surface area (Å²) in [4.78, 5) is 21.7. The molecule has 0 unspecified atom stereocenters. The monoisotopic (exact) mass is 162 g/mol. The summed E-state index contributed by atoms with van der Waals surface area (Å²) in [5.41, 5.74) is 6.43. The molecule has 12 heavy (non-hydrogen) atoms. The van der Waals surface area contributed by atoms with Crippen LogP contribution in [0.3, 0.4) is 0 Å². The van der Waals surface area contributed by atoms with Crippen LogP contribution in [0.4, 0.5) is 5.69 Å². The van der Waals surface area contributed by atoms with Gasteiger partial charge in [-0.05, 0) is 12.1 Å². The van der Waals surface area contributed by atoms with Crippen LogP contribution in [-0.4, -0.2) is 11.8 Å². The second-order valence-corrected chi connectivity index (χ2v) is 2.55. The van der Waals surface area contributed by atoms with Gasteiger partial charge in [0.15, 0.2) is 0 Å². The maximum Gasteiger partial charge on any atom is 0.258 e. The largest absolute Gasteiger partial charge is 0.366 e. The molecule has 0 spiro atoms. The third-order valence-corrected chi connectivity index (χ3v) is 1.81. The molecule has 0 aliphatic carbocycles. The van der Waals surface area contributed by atoms with Gasteiger partial charge < -0.3 is 11.1 Å². The summed E-state index contributed by atoms with van der Waals surface area (Å²) in [5, 5.41) is 2.53. The Kier molecular flexibility index (Phi) is 1.18. The van der Waals surface area contributed by atoms with Crippen molar-refractivity contribution in [2.45, 2.75) is 0 Å². The zero-order valence-corrected chi connectivity index (χ0v) is 6.13. The SMILES string of the molecule is NC(=O)c1cccc2c1C(=O)N2. The summed E-state index contributed by atoms with van der Waals surface area (Å²) in [6.07, 6.45) is 0. The Labute approximate surface area is 68.4 Å². The van der Waals surface area contributed by atoms with Gasteiger partial charge >= 0.3 is 0 Å². The summed E-state index contributed by atoms with van der Waals surface area (Å²) < 4.78 is 0. The molecule has 4 nitrogen and oxygen atoms in total. The molecular weight excluding hydrogens is 156 g/mol. The molecule has 4 heteroatoms. The van der Waals surface area contributed by atoms with E-state index in [2.05, 4.69) is 5.32 Å². The highest BCUT2D eigenvalue weighted by Crippen LogP contribution is 2.28. The maximum atomic E-state index is 10.9. The van der Waals surface area contributed by atoms with Crippen LogP contribution >= 0.6 is 0 Å². The molecule has 1 heterocycles. The Balaban J connectivity index is 2.64. The number of hydrogen-bond donors (Lipinski definition) is 2. The quantitative estimate of drug-likeness (QED) is 0.625. The molecule has 2 amide bonds. The zero-order valence-electron chi connectivity index (χ0n) is 6.13. The maximum absolute atomic E-state index is 10.9. The molecule has 0 saturated heterocycles. The molecule has 60 valence electrons. The number of carbonyl (C=O) groups excluding carboxylic acids is 2. The van der Waals surface area contributed by atoms with Gasteiger partial charge in [0.05, 0.1) is 16.8 Å². The van der Waals surface area contributed by atoms with E-state index in [9.17, 15) is 9.59 Å². The number of hydrogen-bond acceptors (Lipinski definition) is 2. The first-order valence-electron chi connectivity index (χ1n) is 3.44. The Hall–Kier alpha value is -1.84. The first kappa shape index (κ1) is 6.84. The molecule has 1 aromatic carbocycles. The van der Waals surface area contributed by atoms with Crippen LogP contribution in [0.1, 0.15) is 20.7 Å². The van der Waals surface area contributed by atoms with Gasteiger partial charge in [-0.15, -0.1) is 0 Å². The van der Waals surface area contributed by atoms with Crippen LogP contribution < -0.4 is 11.1 Å². The predicted molar refractivity (Wildman–Crippen MR) is 42.9 cm³/mol. The van der Waals surface area contributed by atoms with Gasteiger partial charge in [0.2, 0.25) is 5.91 Å². The topological polar surface area (TPSA) is 72.2 Å². The molecular formula is C8H6N2O2. The average Bonchev–Trinajstić information content (AvgIpc) is 2.01. The van der Waals surface area contributed by atoms with Crippen molar-refractivity contribution in [2.24, 2.45) is 5.73 Å². The number of carbonyl (C=O) groups is 2. The van der Waals surface area contributed by atoms with Crippen molar-refractivity contribution in [3.8, 4) is 0 Å². The Morgan fingerprint density at radius 3 is 2.67 bits per heavy atom. The molecule has 0 saturated carbocycles. The fourth-order valence-corrected chi connectivity index (χ4v) is 1.23. The lowest BCUT2D eigenvalue weighted by Gasteiger charge is -2.20. The van der Waals surface area contributed by atoms with E-state index in [1.165, 1.54) is 0 Å². The molecule has 2 rings (SSSR count). The fourth-order valence-electron chi connectivity index (χ4n) is 1.23. The number of amides is 2. The summed E-state index contributed by atoms with van der Waals surface area (Å²) in [7, 11) is 0. The second kappa shape index (κ2) is 2.07. The minimum Gasteiger partial charge on any atom is -0.366 e. The molecule has 3 N–H and O–H groups in total. The summed E-state index contributed by atoms with van der Waals surface area (Å²) in [6.45, 7) is 0. The predicted octanol–water partition coefficient (Wildman–Crippen LogP) is 0.351. The van der Waals surface area contributed by atoms with E-state index in [0.717, 1.165) is 0 Å². The van der Waals surface area contributed by atoms with E-state index < -0.39 is 5.91 Å². The van der Waals surface area contributed by atoms with Gasteiger partial charge in [-0.25, -0.2) is 0 Å². The second-order valence-electron chi connectivity index (χ2n) is 2.55. The standard InChI is InChI=1S/C8H6N2O2/c9-7(11)4-2-1-3-5-6(4)8(12)10-5/h1-3H,(H2,9,11)(H,10,12). The number of nitrogens with one attached hydrogen (secondary N) is 1.